The van der Waals surface area contributed by atoms with Crippen LogP contribution in [0.2, 0.25) is 5.15 Å². The van der Waals surface area contributed by atoms with Crippen LogP contribution < -0.4 is 0 Å². The van der Waals surface area contributed by atoms with E-state index in [2.05, 4.69) is 44.6 Å². The van der Waals surface area contributed by atoms with E-state index in [1.165, 1.54) is 0 Å². The molecule has 0 bridgehead atoms. The maximum absolute atomic E-state index is 5.95. The van der Waals surface area contributed by atoms with Crippen molar-refractivity contribution in [1.29, 1.82) is 0 Å². The number of rotatable bonds is 2. The van der Waals surface area contributed by atoms with Crippen molar-refractivity contribution in [2.24, 2.45) is 5.92 Å². The van der Waals surface area contributed by atoms with Crippen molar-refractivity contribution < 1.29 is 4.74 Å². The van der Waals surface area contributed by atoms with E-state index in [1.807, 2.05) is 4.68 Å². The average molecular weight is 393 g/mol. The molecule has 2 aromatic heterocycles. The largest absolute Gasteiger partial charge is 0.381 e. The molecule has 3 heterocycles. The third kappa shape index (κ3) is 2.57. The van der Waals surface area contributed by atoms with Gasteiger partial charge in [0.15, 0.2) is 9.35 Å². The van der Waals surface area contributed by atoms with Crippen molar-refractivity contribution in [2.45, 2.75) is 25.8 Å². The second-order valence-corrected chi connectivity index (χ2v) is 6.20. The van der Waals surface area contributed by atoms with Gasteiger partial charge >= 0.3 is 0 Å². The van der Waals surface area contributed by atoms with Crippen molar-refractivity contribution in [2.75, 3.05) is 13.2 Å². The zero-order chi connectivity index (χ0) is 13.4. The molecule has 1 saturated heterocycles. The zero-order valence-corrected chi connectivity index (χ0v) is 13.4. The molecule has 0 radical (unpaired) electrons. The first-order chi connectivity index (χ1) is 9.16. The molecular formula is C12H14ClIN4O. The van der Waals surface area contributed by atoms with Gasteiger partial charge in [-0.05, 0) is 48.3 Å². The molecule has 1 atom stereocenters. The number of ether oxygens (including phenoxy) is 1. The van der Waals surface area contributed by atoms with E-state index in [-0.39, 0.29) is 6.04 Å². The monoisotopic (exact) mass is 392 g/mol. The lowest BCUT2D eigenvalue weighted by molar-refractivity contribution is 0.0501. The number of halogens is 2. The Kier molecular flexibility index (Phi) is 3.91. The Morgan fingerprint density at radius 2 is 2.21 bits per heavy atom. The molecule has 7 heteroatoms. The van der Waals surface area contributed by atoms with Gasteiger partial charge in [-0.25, -0.2) is 14.6 Å². The highest BCUT2D eigenvalue weighted by molar-refractivity contribution is 14.1. The van der Waals surface area contributed by atoms with Crippen LogP contribution in [0, 0.1) is 9.62 Å². The minimum atomic E-state index is 0.280. The molecule has 0 amide bonds. The van der Waals surface area contributed by atoms with Gasteiger partial charge in [0.2, 0.25) is 0 Å². The molecule has 102 valence electrons. The zero-order valence-electron chi connectivity index (χ0n) is 10.5. The van der Waals surface area contributed by atoms with Gasteiger partial charge in [-0.15, -0.1) is 0 Å². The normalized spacial score (nSPS) is 18.9. The molecule has 0 spiro atoms. The SMILES string of the molecule is C[C@@H](C1CCOCC1)n1nc(I)c2ncc(Cl)nc21. The van der Waals surface area contributed by atoms with E-state index in [4.69, 9.17) is 16.3 Å². The predicted octanol–water partition coefficient (Wildman–Crippen LogP) is 3.07. The summed E-state index contributed by atoms with van der Waals surface area (Å²) in [5.41, 5.74) is 1.60. The van der Waals surface area contributed by atoms with Gasteiger partial charge in [0.1, 0.15) is 10.7 Å². The summed E-state index contributed by atoms with van der Waals surface area (Å²) < 4.78 is 8.25. The Morgan fingerprint density at radius 3 is 2.95 bits per heavy atom. The first-order valence-electron chi connectivity index (χ1n) is 6.31. The molecule has 1 aliphatic rings. The molecule has 0 aromatic carbocycles. The quantitative estimate of drug-likeness (QED) is 0.737. The fraction of sp³-hybridized carbons (Fsp3) is 0.583. The van der Waals surface area contributed by atoms with E-state index < -0.39 is 0 Å². The fourth-order valence-electron chi connectivity index (χ4n) is 2.53. The molecule has 5 nitrogen and oxygen atoms in total. The highest BCUT2D eigenvalue weighted by Gasteiger charge is 2.25. The van der Waals surface area contributed by atoms with Crippen LogP contribution in [-0.2, 0) is 4.74 Å². The summed E-state index contributed by atoms with van der Waals surface area (Å²) >= 11 is 8.15. The number of hydrogen-bond donors (Lipinski definition) is 0. The van der Waals surface area contributed by atoms with Crippen LogP contribution in [0.15, 0.2) is 6.20 Å². The minimum Gasteiger partial charge on any atom is -0.381 e. The molecule has 3 rings (SSSR count). The Hall–Kier alpha value is -0.470. The third-order valence-corrected chi connectivity index (χ3v) is 4.58. The first kappa shape index (κ1) is 13.5. The molecule has 1 aliphatic heterocycles. The third-order valence-electron chi connectivity index (χ3n) is 3.67. The predicted molar refractivity (Wildman–Crippen MR) is 81.3 cm³/mol. The van der Waals surface area contributed by atoms with Crippen LogP contribution in [0.1, 0.15) is 25.8 Å². The van der Waals surface area contributed by atoms with Gasteiger partial charge in [0.25, 0.3) is 0 Å². The number of aromatic nitrogens is 4. The van der Waals surface area contributed by atoms with Crippen LogP contribution in [0.4, 0.5) is 0 Å². The lowest BCUT2D eigenvalue weighted by Gasteiger charge is -2.27. The van der Waals surface area contributed by atoms with Gasteiger partial charge in [0.05, 0.1) is 12.2 Å². The fourth-order valence-corrected chi connectivity index (χ4v) is 3.28. The van der Waals surface area contributed by atoms with Gasteiger partial charge in [0, 0.05) is 13.2 Å². The Morgan fingerprint density at radius 1 is 1.47 bits per heavy atom. The van der Waals surface area contributed by atoms with Gasteiger partial charge in [-0.2, -0.15) is 5.10 Å². The molecular weight excluding hydrogens is 379 g/mol. The number of hydrogen-bond acceptors (Lipinski definition) is 4. The van der Waals surface area contributed by atoms with Crippen molar-refractivity contribution >= 4 is 45.4 Å². The summed E-state index contributed by atoms with van der Waals surface area (Å²) in [6.45, 7) is 3.84. The molecule has 2 aromatic rings. The molecule has 1 fully saturated rings. The van der Waals surface area contributed by atoms with Crippen LogP contribution in [0.25, 0.3) is 11.2 Å². The summed E-state index contributed by atoms with van der Waals surface area (Å²) in [7, 11) is 0. The molecule has 0 unspecified atom stereocenters. The molecule has 0 N–H and O–H groups in total. The Bertz CT molecular complexity index is 597. The van der Waals surface area contributed by atoms with Crippen LogP contribution in [0.5, 0.6) is 0 Å². The van der Waals surface area contributed by atoms with Gasteiger partial charge in [-0.3, -0.25) is 0 Å². The molecule has 19 heavy (non-hydrogen) atoms. The number of fused-ring (bicyclic) bond motifs is 1. The molecule has 0 aliphatic carbocycles. The second kappa shape index (κ2) is 5.49. The minimum absolute atomic E-state index is 0.280. The smallest absolute Gasteiger partial charge is 0.179 e. The summed E-state index contributed by atoms with van der Waals surface area (Å²) in [6, 6.07) is 0.280. The average Bonchev–Trinajstić information content (AvgIpc) is 2.75. The van der Waals surface area contributed by atoms with Crippen LogP contribution >= 0.6 is 34.2 Å². The highest BCUT2D eigenvalue weighted by atomic mass is 127. The Balaban J connectivity index is 2.01. The van der Waals surface area contributed by atoms with E-state index in [0.717, 1.165) is 40.9 Å². The van der Waals surface area contributed by atoms with Gasteiger partial charge < -0.3 is 4.74 Å². The standard InChI is InChI=1S/C12H14ClIN4O/c1-7(8-2-4-19-5-3-8)18-12-10(11(14)17-18)15-6-9(13)16-12/h6-8H,2-5H2,1H3/t7-/m0/s1. The Labute approximate surface area is 129 Å². The topological polar surface area (TPSA) is 52.8 Å². The summed E-state index contributed by atoms with van der Waals surface area (Å²) in [4.78, 5) is 8.70. The van der Waals surface area contributed by atoms with E-state index in [0.29, 0.717) is 11.1 Å². The summed E-state index contributed by atoms with van der Waals surface area (Å²) in [6.07, 6.45) is 3.69. The second-order valence-electron chi connectivity index (χ2n) is 4.79. The van der Waals surface area contributed by atoms with Gasteiger partial charge in [-0.1, -0.05) is 11.6 Å². The van der Waals surface area contributed by atoms with E-state index >= 15 is 0 Å². The van der Waals surface area contributed by atoms with Crippen LogP contribution in [-0.4, -0.2) is 33.0 Å². The van der Waals surface area contributed by atoms with E-state index in [9.17, 15) is 0 Å². The first-order valence-corrected chi connectivity index (χ1v) is 7.76. The highest BCUT2D eigenvalue weighted by Crippen LogP contribution is 2.30. The maximum Gasteiger partial charge on any atom is 0.179 e. The lowest BCUT2D eigenvalue weighted by Crippen LogP contribution is -2.25. The summed E-state index contributed by atoms with van der Waals surface area (Å²) in [5, 5.41) is 4.99. The lowest BCUT2D eigenvalue weighted by atomic mass is 9.93. The van der Waals surface area contributed by atoms with Crippen molar-refractivity contribution in [1.82, 2.24) is 19.7 Å². The summed E-state index contributed by atoms with van der Waals surface area (Å²) in [5.74, 6) is 0.563. The number of nitrogens with zero attached hydrogens (tertiary/aromatic N) is 4. The molecule has 0 saturated carbocycles. The van der Waals surface area contributed by atoms with Crippen molar-refractivity contribution in [3.05, 3.63) is 15.1 Å². The maximum atomic E-state index is 5.95. The van der Waals surface area contributed by atoms with E-state index in [1.54, 1.807) is 6.20 Å². The van der Waals surface area contributed by atoms with Crippen LogP contribution in [0.3, 0.4) is 0 Å². The van der Waals surface area contributed by atoms with Crippen molar-refractivity contribution in [3.8, 4) is 0 Å². The van der Waals surface area contributed by atoms with Crippen molar-refractivity contribution in [3.63, 3.8) is 0 Å².